The minimum Gasteiger partial charge on any atom is -0.267 e. The summed E-state index contributed by atoms with van der Waals surface area (Å²) in [6.07, 6.45) is 0. The molecular formula is C15H13IN2O. The number of hydrogen-bond donors (Lipinski definition) is 1. The highest BCUT2D eigenvalue weighted by molar-refractivity contribution is 14.1. The van der Waals surface area contributed by atoms with Crippen LogP contribution in [0, 0.1) is 3.57 Å². The summed E-state index contributed by atoms with van der Waals surface area (Å²) in [5.74, 6) is -0.202. The third kappa shape index (κ3) is 3.89. The molecule has 0 heterocycles. The van der Waals surface area contributed by atoms with Crippen molar-refractivity contribution in [1.29, 1.82) is 0 Å². The number of carbonyl (C=O) groups is 1. The lowest BCUT2D eigenvalue weighted by Crippen LogP contribution is -2.19. The number of amides is 1. The van der Waals surface area contributed by atoms with Gasteiger partial charge in [0.1, 0.15) is 0 Å². The van der Waals surface area contributed by atoms with E-state index in [2.05, 4.69) is 33.1 Å². The molecule has 0 saturated carbocycles. The van der Waals surface area contributed by atoms with Crippen LogP contribution in [0.4, 0.5) is 0 Å². The van der Waals surface area contributed by atoms with Crippen LogP contribution in [0.3, 0.4) is 0 Å². The van der Waals surface area contributed by atoms with Crippen LogP contribution < -0.4 is 5.43 Å². The van der Waals surface area contributed by atoms with Gasteiger partial charge in [-0.3, -0.25) is 4.79 Å². The van der Waals surface area contributed by atoms with Crippen molar-refractivity contribution < 1.29 is 4.79 Å². The van der Waals surface area contributed by atoms with Crippen LogP contribution in [0.1, 0.15) is 22.8 Å². The molecule has 19 heavy (non-hydrogen) atoms. The fraction of sp³-hybridized carbons (Fsp3) is 0.0667. The molecule has 2 aromatic rings. The van der Waals surface area contributed by atoms with Gasteiger partial charge in [0.15, 0.2) is 0 Å². The van der Waals surface area contributed by atoms with E-state index in [1.165, 1.54) is 0 Å². The average molecular weight is 364 g/mol. The van der Waals surface area contributed by atoms with Crippen LogP contribution in [-0.4, -0.2) is 11.6 Å². The zero-order valence-electron chi connectivity index (χ0n) is 10.4. The highest BCUT2D eigenvalue weighted by Gasteiger charge is 2.04. The molecule has 2 rings (SSSR count). The predicted octanol–water partition coefficient (Wildman–Crippen LogP) is 3.45. The van der Waals surface area contributed by atoms with Gasteiger partial charge in [-0.1, -0.05) is 30.3 Å². The van der Waals surface area contributed by atoms with Crippen LogP contribution in [0.25, 0.3) is 0 Å². The minimum atomic E-state index is -0.202. The summed E-state index contributed by atoms with van der Waals surface area (Å²) in [5, 5.41) is 4.11. The average Bonchev–Trinajstić information content (AvgIpc) is 2.46. The number of carbonyl (C=O) groups excluding carboxylic acids is 1. The van der Waals surface area contributed by atoms with E-state index in [4.69, 9.17) is 0 Å². The summed E-state index contributed by atoms with van der Waals surface area (Å²) < 4.78 is 1.10. The van der Waals surface area contributed by atoms with Gasteiger partial charge < -0.3 is 0 Å². The lowest BCUT2D eigenvalue weighted by Gasteiger charge is -2.03. The van der Waals surface area contributed by atoms with E-state index in [1.54, 1.807) is 12.1 Å². The summed E-state index contributed by atoms with van der Waals surface area (Å²) in [6, 6.07) is 17.1. The third-order valence-electron chi connectivity index (χ3n) is 2.62. The number of halogens is 1. The molecule has 2 aromatic carbocycles. The number of nitrogens with zero attached hydrogens (tertiary/aromatic N) is 1. The summed E-state index contributed by atoms with van der Waals surface area (Å²) in [6.45, 7) is 1.86. The molecule has 0 aliphatic rings. The molecule has 4 heteroatoms. The van der Waals surface area contributed by atoms with Crippen molar-refractivity contribution in [3.63, 3.8) is 0 Å². The van der Waals surface area contributed by atoms with Gasteiger partial charge in [-0.15, -0.1) is 0 Å². The fourth-order valence-electron chi connectivity index (χ4n) is 1.54. The van der Waals surface area contributed by atoms with Crippen LogP contribution in [0.2, 0.25) is 0 Å². The first kappa shape index (κ1) is 13.7. The van der Waals surface area contributed by atoms with Gasteiger partial charge in [0, 0.05) is 9.13 Å². The Morgan fingerprint density at radius 3 is 2.26 bits per heavy atom. The number of hydrazone groups is 1. The maximum Gasteiger partial charge on any atom is 0.271 e. The van der Waals surface area contributed by atoms with Crippen molar-refractivity contribution >= 4 is 34.2 Å². The van der Waals surface area contributed by atoms with Gasteiger partial charge >= 0.3 is 0 Å². The monoisotopic (exact) mass is 364 g/mol. The lowest BCUT2D eigenvalue weighted by molar-refractivity contribution is 0.0955. The fourth-order valence-corrected chi connectivity index (χ4v) is 1.90. The van der Waals surface area contributed by atoms with Crippen molar-refractivity contribution in [3.8, 4) is 0 Å². The first-order valence-corrected chi connectivity index (χ1v) is 6.90. The Morgan fingerprint density at radius 2 is 1.63 bits per heavy atom. The molecule has 0 atom stereocenters. The molecule has 0 bridgehead atoms. The minimum absolute atomic E-state index is 0.202. The Morgan fingerprint density at radius 1 is 1.00 bits per heavy atom. The van der Waals surface area contributed by atoms with Crippen molar-refractivity contribution in [1.82, 2.24) is 5.43 Å². The molecule has 0 radical (unpaired) electrons. The summed E-state index contributed by atoms with van der Waals surface area (Å²) in [4.78, 5) is 11.9. The van der Waals surface area contributed by atoms with Gasteiger partial charge in [0.05, 0.1) is 5.71 Å². The van der Waals surface area contributed by atoms with E-state index in [-0.39, 0.29) is 5.91 Å². The Kier molecular flexibility index (Phi) is 4.68. The molecule has 0 aliphatic carbocycles. The van der Waals surface area contributed by atoms with Gasteiger partial charge in [-0.25, -0.2) is 5.43 Å². The molecule has 96 valence electrons. The summed E-state index contributed by atoms with van der Waals surface area (Å²) >= 11 is 2.20. The molecule has 0 aliphatic heterocycles. The van der Waals surface area contributed by atoms with E-state index in [9.17, 15) is 4.79 Å². The second-order valence-corrected chi connectivity index (χ2v) is 5.26. The first-order chi connectivity index (χ1) is 9.16. The third-order valence-corrected chi connectivity index (χ3v) is 3.34. The first-order valence-electron chi connectivity index (χ1n) is 5.82. The second-order valence-electron chi connectivity index (χ2n) is 4.01. The van der Waals surface area contributed by atoms with Crippen LogP contribution >= 0.6 is 22.6 Å². The lowest BCUT2D eigenvalue weighted by atomic mass is 10.1. The molecule has 0 fully saturated rings. The Hall–Kier alpha value is -1.69. The molecule has 0 saturated heterocycles. The maximum atomic E-state index is 11.9. The van der Waals surface area contributed by atoms with E-state index < -0.39 is 0 Å². The Balaban J connectivity index is 2.06. The van der Waals surface area contributed by atoms with Crippen LogP contribution in [0.15, 0.2) is 59.7 Å². The van der Waals surface area contributed by atoms with Gasteiger partial charge in [-0.05, 0) is 59.3 Å². The zero-order valence-corrected chi connectivity index (χ0v) is 12.6. The number of rotatable bonds is 3. The number of nitrogens with one attached hydrogen (secondary N) is 1. The molecule has 0 spiro atoms. The molecule has 0 aromatic heterocycles. The van der Waals surface area contributed by atoms with Crippen molar-refractivity contribution in [2.45, 2.75) is 6.92 Å². The van der Waals surface area contributed by atoms with Crippen molar-refractivity contribution in [2.24, 2.45) is 5.10 Å². The number of benzene rings is 2. The van der Waals surface area contributed by atoms with Gasteiger partial charge in [0.25, 0.3) is 5.91 Å². The van der Waals surface area contributed by atoms with Gasteiger partial charge in [0.2, 0.25) is 0 Å². The molecule has 1 N–H and O–H groups in total. The van der Waals surface area contributed by atoms with E-state index >= 15 is 0 Å². The predicted molar refractivity (Wildman–Crippen MR) is 85.3 cm³/mol. The molecular weight excluding hydrogens is 351 g/mol. The normalized spacial score (nSPS) is 11.2. The van der Waals surface area contributed by atoms with E-state index in [0.717, 1.165) is 14.8 Å². The molecule has 1 amide bonds. The SMILES string of the molecule is C/C(=N/NC(=O)c1ccc(I)cc1)c1ccccc1. The van der Waals surface area contributed by atoms with Crippen LogP contribution in [0.5, 0.6) is 0 Å². The molecule has 0 unspecified atom stereocenters. The van der Waals surface area contributed by atoms with Crippen LogP contribution in [-0.2, 0) is 0 Å². The smallest absolute Gasteiger partial charge is 0.267 e. The van der Waals surface area contributed by atoms with Gasteiger partial charge in [-0.2, -0.15) is 5.10 Å². The second kappa shape index (κ2) is 6.47. The maximum absolute atomic E-state index is 11.9. The Labute approximate surface area is 125 Å². The Bertz CT molecular complexity index is 591. The van der Waals surface area contributed by atoms with E-state index in [0.29, 0.717) is 5.56 Å². The standard InChI is InChI=1S/C15H13IN2O/c1-11(12-5-3-2-4-6-12)17-18-15(19)13-7-9-14(16)10-8-13/h2-10H,1H3,(H,18,19)/b17-11-. The topological polar surface area (TPSA) is 41.5 Å². The van der Waals surface area contributed by atoms with Crippen molar-refractivity contribution in [2.75, 3.05) is 0 Å². The quantitative estimate of drug-likeness (QED) is 0.506. The zero-order chi connectivity index (χ0) is 13.7. The highest BCUT2D eigenvalue weighted by Crippen LogP contribution is 2.06. The summed E-state index contributed by atoms with van der Waals surface area (Å²) in [7, 11) is 0. The van der Waals surface area contributed by atoms with Crippen molar-refractivity contribution in [3.05, 3.63) is 69.3 Å². The van der Waals surface area contributed by atoms with E-state index in [1.807, 2.05) is 49.4 Å². The highest BCUT2D eigenvalue weighted by atomic mass is 127. The number of hydrogen-bond acceptors (Lipinski definition) is 2. The summed E-state index contributed by atoms with van der Waals surface area (Å²) in [5.41, 5.74) is 4.93. The largest absolute Gasteiger partial charge is 0.271 e. The molecule has 3 nitrogen and oxygen atoms in total.